The summed E-state index contributed by atoms with van der Waals surface area (Å²) in [5.74, 6) is -0.248. The van der Waals surface area contributed by atoms with Crippen LogP contribution in [-0.4, -0.2) is 52.7 Å². The van der Waals surface area contributed by atoms with Gasteiger partial charge in [-0.3, -0.25) is 4.79 Å². The van der Waals surface area contributed by atoms with Crippen LogP contribution < -0.4 is 4.74 Å². The second kappa shape index (κ2) is 6.13. The van der Waals surface area contributed by atoms with Gasteiger partial charge in [0.2, 0.25) is 0 Å². The van der Waals surface area contributed by atoms with Crippen molar-refractivity contribution in [2.24, 2.45) is 0 Å². The van der Waals surface area contributed by atoms with E-state index in [1.165, 1.54) is 7.11 Å². The van der Waals surface area contributed by atoms with Crippen molar-refractivity contribution in [2.45, 2.75) is 35.6 Å². The fourth-order valence-electron chi connectivity index (χ4n) is 7.99. The normalized spacial score (nSPS) is 30.7. The van der Waals surface area contributed by atoms with Gasteiger partial charge in [0.15, 0.2) is 17.3 Å². The number of phenols is 3. The van der Waals surface area contributed by atoms with Crippen molar-refractivity contribution in [2.75, 3.05) is 20.7 Å². The van der Waals surface area contributed by atoms with Crippen LogP contribution in [0.4, 0.5) is 0 Å². The van der Waals surface area contributed by atoms with Gasteiger partial charge in [0.25, 0.3) is 0 Å². The van der Waals surface area contributed by atoms with Gasteiger partial charge in [0.1, 0.15) is 11.5 Å². The molecule has 1 aliphatic heterocycles. The molecule has 6 nitrogen and oxygen atoms in total. The molecule has 6 heteroatoms. The van der Waals surface area contributed by atoms with Gasteiger partial charge in [0.05, 0.1) is 13.0 Å². The first-order valence-corrected chi connectivity index (χ1v) is 11.7. The Morgan fingerprint density at radius 3 is 2.47 bits per heavy atom. The number of ether oxygens (including phenoxy) is 1. The first kappa shape index (κ1) is 19.9. The summed E-state index contributed by atoms with van der Waals surface area (Å²) in [6, 6.07) is 10.9. The molecule has 3 aliphatic carbocycles. The Labute approximate surface area is 196 Å². The SMILES string of the molecule is COc1ccc2c(c1O)C13CCN(C)C(C2)C12C=CC(=O)C3c1c2c(O)c2ccccc2c1O. The van der Waals surface area contributed by atoms with E-state index in [0.717, 1.165) is 17.7 Å². The third kappa shape index (κ3) is 1.86. The van der Waals surface area contributed by atoms with Crippen LogP contribution in [0, 0.1) is 0 Å². The van der Waals surface area contributed by atoms with Crippen LogP contribution in [0.15, 0.2) is 48.6 Å². The maximum atomic E-state index is 13.7. The summed E-state index contributed by atoms with van der Waals surface area (Å²) in [7, 11) is 3.60. The number of hydrogen-bond donors (Lipinski definition) is 3. The van der Waals surface area contributed by atoms with Gasteiger partial charge in [-0.25, -0.2) is 0 Å². The fraction of sp³-hybridized carbons (Fsp3) is 0.321. The number of benzene rings is 3. The van der Waals surface area contributed by atoms with E-state index in [1.807, 2.05) is 24.3 Å². The predicted molar refractivity (Wildman–Crippen MR) is 127 cm³/mol. The molecule has 1 saturated heterocycles. The van der Waals surface area contributed by atoms with Gasteiger partial charge >= 0.3 is 0 Å². The van der Waals surface area contributed by atoms with E-state index in [9.17, 15) is 20.1 Å². The maximum absolute atomic E-state index is 13.7. The number of piperidine rings is 1. The van der Waals surface area contributed by atoms with Crippen molar-refractivity contribution >= 4 is 16.6 Å². The lowest BCUT2D eigenvalue weighted by molar-refractivity contribution is -0.120. The molecule has 3 aromatic carbocycles. The second-order valence-corrected chi connectivity index (χ2v) is 10.1. The lowest BCUT2D eigenvalue weighted by Crippen LogP contribution is -2.68. The Bertz CT molecular complexity index is 1480. The number of phenolic OH excluding ortho intramolecular Hbond substituents is 3. The highest BCUT2D eigenvalue weighted by molar-refractivity contribution is 6.07. The number of carbonyl (C=O) groups excluding carboxylic acids is 1. The largest absolute Gasteiger partial charge is 0.507 e. The Kier molecular flexibility index (Phi) is 3.59. The molecule has 0 amide bonds. The van der Waals surface area contributed by atoms with Crippen LogP contribution in [0.5, 0.6) is 23.0 Å². The Morgan fingerprint density at radius 2 is 1.74 bits per heavy atom. The Balaban J connectivity index is 1.72. The summed E-state index contributed by atoms with van der Waals surface area (Å²) in [5.41, 5.74) is 1.21. The molecule has 3 aromatic rings. The summed E-state index contributed by atoms with van der Waals surface area (Å²) in [5, 5.41) is 36.0. The van der Waals surface area contributed by atoms with E-state index in [2.05, 4.69) is 11.9 Å². The molecule has 1 heterocycles. The van der Waals surface area contributed by atoms with E-state index in [0.29, 0.717) is 40.5 Å². The number of rotatable bonds is 1. The quantitative estimate of drug-likeness (QED) is 0.486. The van der Waals surface area contributed by atoms with Gasteiger partial charge in [-0.05, 0) is 44.1 Å². The van der Waals surface area contributed by atoms with E-state index < -0.39 is 16.7 Å². The highest BCUT2D eigenvalue weighted by Crippen LogP contribution is 2.75. The molecular weight excluding hydrogens is 430 g/mol. The molecule has 4 aliphatic rings. The maximum Gasteiger partial charge on any atom is 0.163 e. The molecule has 34 heavy (non-hydrogen) atoms. The standard InChI is InChI=1S/C28H25NO5/c1-29-12-11-28-21-14(7-8-18(34-2)26(21)33)13-19(29)27(28)10-9-17(30)22(28)20-23(27)25(32)16-6-4-3-5-15(16)24(20)31/h3-10,19,22,31-33H,11-13H2,1-2H3. The molecule has 1 fully saturated rings. The molecular formula is C28H25NO5. The minimum absolute atomic E-state index is 0.0471. The number of nitrogens with zero attached hydrogens (tertiary/aromatic N) is 1. The van der Waals surface area contributed by atoms with Crippen molar-refractivity contribution in [3.63, 3.8) is 0 Å². The van der Waals surface area contributed by atoms with Crippen LogP contribution in [-0.2, 0) is 22.0 Å². The summed E-state index contributed by atoms with van der Waals surface area (Å²) >= 11 is 0. The lowest BCUT2D eigenvalue weighted by Gasteiger charge is -2.62. The third-order valence-electron chi connectivity index (χ3n) is 9.15. The van der Waals surface area contributed by atoms with Crippen molar-refractivity contribution in [3.05, 3.63) is 70.8 Å². The lowest BCUT2D eigenvalue weighted by atomic mass is 9.44. The minimum Gasteiger partial charge on any atom is -0.507 e. The predicted octanol–water partition coefficient (Wildman–Crippen LogP) is 3.64. The molecule has 3 N–H and O–H groups in total. The number of carbonyl (C=O) groups is 1. The van der Waals surface area contributed by atoms with Crippen molar-refractivity contribution in [1.82, 2.24) is 4.90 Å². The number of methoxy groups -OCH3 is 1. The highest BCUT2D eigenvalue weighted by atomic mass is 16.5. The van der Waals surface area contributed by atoms with E-state index >= 15 is 0 Å². The number of ketones is 1. The zero-order valence-electron chi connectivity index (χ0n) is 19.0. The number of likely N-dealkylation sites (N-methyl/N-ethyl adjacent to an activating group) is 1. The Morgan fingerprint density at radius 1 is 1.00 bits per heavy atom. The van der Waals surface area contributed by atoms with Crippen molar-refractivity contribution in [1.29, 1.82) is 0 Å². The zero-order valence-corrected chi connectivity index (χ0v) is 19.0. The molecule has 0 radical (unpaired) electrons. The number of aromatic hydroxyl groups is 3. The Hall–Kier alpha value is -3.51. The molecule has 4 atom stereocenters. The molecule has 0 saturated carbocycles. The van der Waals surface area contributed by atoms with Crippen LogP contribution >= 0.6 is 0 Å². The number of hydrogen-bond acceptors (Lipinski definition) is 6. The smallest absolute Gasteiger partial charge is 0.163 e. The van der Waals surface area contributed by atoms with Gasteiger partial charge in [0, 0.05) is 44.3 Å². The average Bonchev–Trinajstić information content (AvgIpc) is 3.04. The van der Waals surface area contributed by atoms with Crippen LogP contribution in [0.2, 0.25) is 0 Å². The molecule has 4 unspecified atom stereocenters. The summed E-state index contributed by atoms with van der Waals surface area (Å²) in [6.45, 7) is 0.731. The number of likely N-dealkylation sites (tertiary alicyclic amines) is 1. The average molecular weight is 456 g/mol. The van der Waals surface area contributed by atoms with Gasteiger partial charge in [-0.1, -0.05) is 36.4 Å². The first-order chi connectivity index (χ1) is 16.4. The van der Waals surface area contributed by atoms with E-state index in [-0.39, 0.29) is 29.1 Å². The summed E-state index contributed by atoms with van der Waals surface area (Å²) in [6.07, 6.45) is 4.82. The highest BCUT2D eigenvalue weighted by Gasteiger charge is 2.74. The van der Waals surface area contributed by atoms with E-state index in [4.69, 9.17) is 4.74 Å². The van der Waals surface area contributed by atoms with Gasteiger partial charge in [-0.2, -0.15) is 0 Å². The fourth-order valence-corrected chi connectivity index (χ4v) is 7.99. The molecule has 172 valence electrons. The van der Waals surface area contributed by atoms with Crippen LogP contribution in [0.25, 0.3) is 10.8 Å². The first-order valence-electron chi connectivity index (χ1n) is 11.7. The van der Waals surface area contributed by atoms with Crippen molar-refractivity contribution in [3.8, 4) is 23.0 Å². The molecule has 4 bridgehead atoms. The van der Waals surface area contributed by atoms with Gasteiger partial charge in [-0.15, -0.1) is 0 Å². The third-order valence-corrected chi connectivity index (χ3v) is 9.15. The number of allylic oxidation sites excluding steroid dienone is 1. The molecule has 0 spiro atoms. The topological polar surface area (TPSA) is 90.2 Å². The van der Waals surface area contributed by atoms with E-state index in [1.54, 1.807) is 24.3 Å². The monoisotopic (exact) mass is 455 g/mol. The minimum atomic E-state index is -0.836. The van der Waals surface area contributed by atoms with Crippen molar-refractivity contribution < 1.29 is 24.9 Å². The number of fused-ring (bicyclic) bond motifs is 4. The molecule has 7 rings (SSSR count). The second-order valence-electron chi connectivity index (χ2n) is 10.1. The van der Waals surface area contributed by atoms with Crippen LogP contribution in [0.3, 0.4) is 0 Å². The van der Waals surface area contributed by atoms with Gasteiger partial charge < -0.3 is 25.0 Å². The zero-order chi connectivity index (χ0) is 23.6. The van der Waals surface area contributed by atoms with Crippen LogP contribution in [0.1, 0.15) is 34.6 Å². The summed E-state index contributed by atoms with van der Waals surface area (Å²) in [4.78, 5) is 16.0. The summed E-state index contributed by atoms with van der Waals surface area (Å²) < 4.78 is 5.49. The molecule has 0 aromatic heterocycles.